The van der Waals surface area contributed by atoms with Crippen LogP contribution in [0.1, 0.15) is 55.6 Å². The van der Waals surface area contributed by atoms with Gasteiger partial charge >= 0.3 is 61.7 Å². The standard InChI is InChI=1S/C26H23NO9S2.C10H8O4S.C6H11NO3.Na/c27-21(26(30)31)3-1-2-20-24-18-8-6-16(12-14(18)4-10-22(24)28)37(32,33)36-38(34,35)17-7-9-19-15(13-17)5-11-23(29)25(19)20;11-9-3-1-8-6-10(15(12,13)14)4-2-7(8)5-9;7-5(6(9)10)3-1-2-4-8;/h4-13,20-21,28-29H,1-3,27H2,(H,30,31);1-6,11H,(H,12,13,14);4-5H,1-3,7H2,(H,9,10);/q;;;+1/p-1. The quantitative estimate of drug-likeness (QED) is 0.0421. The van der Waals surface area contributed by atoms with Crippen molar-refractivity contribution >= 4 is 80.9 Å². The Morgan fingerprint density at radius 2 is 1.12 bits per heavy atom. The summed E-state index contributed by atoms with van der Waals surface area (Å²) >= 11 is 0. The summed E-state index contributed by atoms with van der Waals surface area (Å²) < 4.78 is 88.6. The molecule has 0 radical (unpaired) electrons. The Hall–Kier alpha value is -5.20. The maximum Gasteiger partial charge on any atom is 1.00 e. The molecule has 10 rings (SSSR count). The summed E-state index contributed by atoms with van der Waals surface area (Å²) in [5.74, 6) is -2.97. The Labute approximate surface area is 389 Å². The van der Waals surface area contributed by atoms with E-state index in [0.29, 0.717) is 69.1 Å². The van der Waals surface area contributed by atoms with Gasteiger partial charge in [0.2, 0.25) is 0 Å². The van der Waals surface area contributed by atoms with Crippen molar-refractivity contribution < 1.29 is 103 Å². The number of carboxylic acids is 2. The fourth-order valence-corrected chi connectivity index (χ4v) is 9.98. The molecule has 8 bridgehead atoms. The molecule has 2 unspecified atom stereocenters. The minimum Gasteiger partial charge on any atom is -0.744 e. The van der Waals surface area contributed by atoms with Crippen LogP contribution in [0.2, 0.25) is 0 Å². The van der Waals surface area contributed by atoms with Crippen LogP contribution in [0.15, 0.2) is 112 Å². The van der Waals surface area contributed by atoms with Crippen LogP contribution < -0.4 is 41.0 Å². The van der Waals surface area contributed by atoms with Gasteiger partial charge in [-0.1, -0.05) is 42.8 Å². The van der Waals surface area contributed by atoms with Crippen molar-refractivity contribution in [3.05, 3.63) is 108 Å². The van der Waals surface area contributed by atoms with Gasteiger partial charge in [-0.25, -0.2) is 8.42 Å². The van der Waals surface area contributed by atoms with Crippen molar-refractivity contribution in [2.24, 2.45) is 11.5 Å². The summed E-state index contributed by atoms with van der Waals surface area (Å²) in [5.41, 5.74) is 11.6. The molecule has 0 spiro atoms. The van der Waals surface area contributed by atoms with Crippen LogP contribution in [0.5, 0.6) is 17.2 Å². The number of carboxylic acid groups (broad SMARTS) is 2. The van der Waals surface area contributed by atoms with Gasteiger partial charge in [-0.15, -0.1) is 3.63 Å². The number of hydrogen-bond donors (Lipinski definition) is 7. The van der Waals surface area contributed by atoms with Crippen molar-refractivity contribution in [1.82, 2.24) is 0 Å². The number of carbonyl (C=O) groups is 3. The van der Waals surface area contributed by atoms with Gasteiger partial charge in [0.05, 0.1) is 14.7 Å². The van der Waals surface area contributed by atoms with Gasteiger partial charge in [0.1, 0.15) is 45.7 Å². The second kappa shape index (κ2) is 21.2. The smallest absolute Gasteiger partial charge is 0.744 e. The van der Waals surface area contributed by atoms with Crippen LogP contribution >= 0.6 is 0 Å². The van der Waals surface area contributed by atoms with E-state index in [1.54, 1.807) is 6.07 Å². The largest absolute Gasteiger partial charge is 1.00 e. The van der Waals surface area contributed by atoms with Gasteiger partial charge in [0, 0.05) is 23.5 Å². The number of carbonyl (C=O) groups excluding carboxylic acids is 1. The number of aliphatic carboxylic acids is 2. The molecule has 0 amide bonds. The Bertz CT molecular complexity index is 2950. The molecular weight excluding hydrogens is 908 g/mol. The predicted molar refractivity (Wildman–Crippen MR) is 227 cm³/mol. The van der Waals surface area contributed by atoms with Crippen molar-refractivity contribution in [2.75, 3.05) is 0 Å². The first kappa shape index (κ1) is 51.4. The predicted octanol–water partition coefficient (Wildman–Crippen LogP) is 1.75. The van der Waals surface area contributed by atoms with Crippen LogP contribution in [-0.2, 0) is 48.4 Å². The number of unbranched alkanes of at least 4 members (excludes halogenated alkanes) is 1. The number of nitrogens with two attached hydrogens (primary N) is 2. The Morgan fingerprint density at radius 3 is 1.59 bits per heavy atom. The van der Waals surface area contributed by atoms with Gasteiger partial charge < -0.3 is 46.3 Å². The van der Waals surface area contributed by atoms with Gasteiger partial charge in [-0.05, 0) is 119 Å². The molecule has 4 aliphatic rings. The number of benzene rings is 6. The molecule has 4 aliphatic heterocycles. The normalized spacial score (nSPS) is 15.0. The van der Waals surface area contributed by atoms with Crippen molar-refractivity contribution in [1.29, 1.82) is 0 Å². The Kier molecular flexibility index (Phi) is 17.0. The monoisotopic (exact) mass is 948 g/mol. The van der Waals surface area contributed by atoms with Crippen molar-refractivity contribution in [3.63, 3.8) is 0 Å². The van der Waals surface area contributed by atoms with Gasteiger partial charge in [0.25, 0.3) is 0 Å². The van der Waals surface area contributed by atoms with E-state index < -0.39 is 70.1 Å². The molecule has 0 aliphatic carbocycles. The van der Waals surface area contributed by atoms with Crippen LogP contribution in [0.3, 0.4) is 0 Å². The van der Waals surface area contributed by atoms with Gasteiger partial charge in [0.15, 0.2) is 0 Å². The van der Waals surface area contributed by atoms with E-state index in [2.05, 4.69) is 3.63 Å². The summed E-state index contributed by atoms with van der Waals surface area (Å²) in [6.07, 6.45) is 2.78. The summed E-state index contributed by atoms with van der Waals surface area (Å²) in [6.45, 7) is 0. The average molecular weight is 949 g/mol. The van der Waals surface area contributed by atoms with E-state index in [4.69, 9.17) is 16.6 Å². The molecule has 4 heterocycles. The number of phenolic OH excluding ortho intramolecular Hbond substituents is 3. The third kappa shape index (κ3) is 12.3. The molecule has 0 fully saturated rings. The minimum atomic E-state index is -4.73. The van der Waals surface area contributed by atoms with E-state index in [0.717, 1.165) is 6.29 Å². The molecular formula is C42H41N2NaO16S3. The fourth-order valence-electron chi connectivity index (χ4n) is 6.89. The van der Waals surface area contributed by atoms with E-state index in [-0.39, 0.29) is 64.5 Å². The van der Waals surface area contributed by atoms with Crippen LogP contribution in [-0.4, -0.2) is 85.6 Å². The van der Waals surface area contributed by atoms with E-state index in [9.17, 15) is 64.6 Å². The summed E-state index contributed by atoms with van der Waals surface area (Å²) in [4.78, 5) is 30.1. The third-order valence-electron chi connectivity index (χ3n) is 10.0. The first-order valence-electron chi connectivity index (χ1n) is 18.9. The first-order valence-corrected chi connectivity index (χ1v) is 23.1. The topological polar surface area (TPSA) is 339 Å². The molecule has 18 nitrogen and oxygen atoms in total. The van der Waals surface area contributed by atoms with Crippen molar-refractivity contribution in [3.8, 4) is 17.2 Å². The first-order chi connectivity index (χ1) is 29.5. The number of phenols is 3. The van der Waals surface area contributed by atoms with Crippen molar-refractivity contribution in [2.45, 2.75) is 71.2 Å². The average Bonchev–Trinajstić information content (AvgIpc) is 3.21. The second-order valence-electron chi connectivity index (χ2n) is 14.4. The molecule has 0 saturated carbocycles. The summed E-state index contributed by atoms with van der Waals surface area (Å²) in [6, 6.07) is 20.0. The van der Waals surface area contributed by atoms with Crippen LogP contribution in [0.4, 0.5) is 0 Å². The maximum atomic E-state index is 12.9. The zero-order valence-corrected chi connectivity index (χ0v) is 38.3. The summed E-state index contributed by atoms with van der Waals surface area (Å²) in [5, 5.41) is 51.7. The number of hydrogen-bond acceptors (Lipinski definition) is 16. The molecule has 64 heavy (non-hydrogen) atoms. The Balaban J connectivity index is 0.000000283. The SMILES string of the molecule is NC(CCCC1c2c(O)ccc3cc(ccc23)S(=O)(=O)OS(=O)(=O)c2ccc3c1c(O)ccc3c2)C(=O)O.NC(CCCC=O)C(=O)O.O=S(=O)([O-])c1ccc2cc(O)ccc2c1.[Na+]. The Morgan fingerprint density at radius 1 is 0.672 bits per heavy atom. The van der Waals surface area contributed by atoms with Crippen LogP contribution in [0, 0.1) is 0 Å². The molecule has 0 aromatic heterocycles. The second-order valence-corrected chi connectivity index (χ2v) is 19.0. The van der Waals surface area contributed by atoms with E-state index in [1.165, 1.54) is 91.0 Å². The van der Waals surface area contributed by atoms with Gasteiger partial charge in [-0.2, -0.15) is 16.8 Å². The summed E-state index contributed by atoms with van der Waals surface area (Å²) in [7, 11) is -13.9. The van der Waals surface area contributed by atoms with E-state index in [1.807, 2.05) is 0 Å². The van der Waals surface area contributed by atoms with E-state index >= 15 is 0 Å². The number of aromatic hydroxyl groups is 3. The molecule has 22 heteroatoms. The molecule has 334 valence electrons. The third-order valence-corrected chi connectivity index (χ3v) is 14.0. The minimum absolute atomic E-state index is 0. The molecule has 0 saturated heterocycles. The van der Waals surface area contributed by atoms with Crippen LogP contribution in [0.25, 0.3) is 32.3 Å². The fraction of sp³-hybridized carbons (Fsp3) is 0.214. The maximum absolute atomic E-state index is 12.9. The number of rotatable bonds is 11. The zero-order valence-electron chi connectivity index (χ0n) is 33.9. The molecule has 6 aromatic carbocycles. The van der Waals surface area contributed by atoms with Gasteiger partial charge in [-0.3, -0.25) is 9.59 Å². The molecule has 2 atom stereocenters. The molecule has 9 N–H and O–H groups in total. The number of fused-ring (bicyclic) bond motifs is 1. The zero-order chi connectivity index (χ0) is 46.4. The number of aldehydes is 1. The molecule has 6 aromatic rings.